The third-order valence-corrected chi connectivity index (χ3v) is 3.91. The van der Waals surface area contributed by atoms with Crippen molar-refractivity contribution in [1.29, 1.82) is 0 Å². The van der Waals surface area contributed by atoms with Crippen molar-refractivity contribution < 1.29 is 14.7 Å². The number of amides is 1. The summed E-state index contributed by atoms with van der Waals surface area (Å²) in [4.78, 5) is 23.5. The highest BCUT2D eigenvalue weighted by atomic mass is 35.5. The number of carbonyl (C=O) groups is 2. The minimum Gasteiger partial charge on any atom is -0.480 e. The van der Waals surface area contributed by atoms with Gasteiger partial charge in [0.05, 0.1) is 16.9 Å². The number of aromatic nitrogens is 3. The molecule has 2 aromatic rings. The Labute approximate surface area is 138 Å². The zero-order valence-corrected chi connectivity index (χ0v) is 13.5. The van der Waals surface area contributed by atoms with Crippen LogP contribution in [0.15, 0.2) is 30.5 Å². The second-order valence-corrected chi connectivity index (χ2v) is 5.58. The Morgan fingerprint density at radius 3 is 2.70 bits per heavy atom. The fourth-order valence-electron chi connectivity index (χ4n) is 2.02. The summed E-state index contributed by atoms with van der Waals surface area (Å²) in [6.07, 6.45) is 2.04. The highest BCUT2D eigenvalue weighted by molar-refractivity contribution is 6.32. The number of carboxylic acid groups (broad SMARTS) is 1. The van der Waals surface area contributed by atoms with E-state index in [9.17, 15) is 14.7 Å². The lowest BCUT2D eigenvalue weighted by molar-refractivity contribution is -0.140. The van der Waals surface area contributed by atoms with Gasteiger partial charge in [0.2, 0.25) is 0 Å². The van der Waals surface area contributed by atoms with Crippen LogP contribution < -0.4 is 5.32 Å². The molecule has 0 aliphatic heterocycles. The van der Waals surface area contributed by atoms with E-state index in [2.05, 4.69) is 15.6 Å². The molecule has 0 radical (unpaired) electrons. The maximum atomic E-state index is 12.2. The number of aliphatic carboxylic acids is 1. The molecule has 1 amide bonds. The Kier molecular flexibility index (Phi) is 5.33. The van der Waals surface area contributed by atoms with Gasteiger partial charge in [0.15, 0.2) is 5.69 Å². The van der Waals surface area contributed by atoms with Gasteiger partial charge in [-0.15, -0.1) is 5.10 Å². The number of hydrogen-bond donors (Lipinski definition) is 2. The van der Waals surface area contributed by atoms with E-state index in [-0.39, 0.29) is 11.6 Å². The molecule has 0 fully saturated rings. The number of carbonyl (C=O) groups excluding carboxylic acids is 1. The Morgan fingerprint density at radius 2 is 2.09 bits per heavy atom. The monoisotopic (exact) mass is 336 g/mol. The van der Waals surface area contributed by atoms with Crippen LogP contribution in [-0.2, 0) is 4.79 Å². The highest BCUT2D eigenvalue weighted by Crippen LogP contribution is 2.18. The van der Waals surface area contributed by atoms with Gasteiger partial charge in [0.25, 0.3) is 5.91 Å². The molecule has 0 spiro atoms. The van der Waals surface area contributed by atoms with E-state index in [4.69, 9.17) is 11.6 Å². The van der Waals surface area contributed by atoms with Crippen LogP contribution in [0.3, 0.4) is 0 Å². The van der Waals surface area contributed by atoms with Gasteiger partial charge in [0.1, 0.15) is 6.04 Å². The van der Waals surface area contributed by atoms with Crippen molar-refractivity contribution in [3.05, 3.63) is 41.2 Å². The molecule has 2 atom stereocenters. The lowest BCUT2D eigenvalue weighted by Gasteiger charge is -2.19. The Bertz CT molecular complexity index is 716. The number of para-hydroxylation sites is 1. The Balaban J connectivity index is 2.18. The van der Waals surface area contributed by atoms with Crippen LogP contribution in [0.5, 0.6) is 0 Å². The molecule has 122 valence electrons. The molecule has 1 aromatic heterocycles. The molecule has 0 aliphatic rings. The van der Waals surface area contributed by atoms with Gasteiger partial charge in [0, 0.05) is 0 Å². The molecule has 2 N–H and O–H groups in total. The molecule has 0 bridgehead atoms. The molecule has 1 aromatic carbocycles. The van der Waals surface area contributed by atoms with E-state index in [0.717, 1.165) is 0 Å². The van der Waals surface area contributed by atoms with Crippen molar-refractivity contribution in [2.24, 2.45) is 5.92 Å². The maximum absolute atomic E-state index is 12.2. The lowest BCUT2D eigenvalue weighted by atomic mass is 9.99. The van der Waals surface area contributed by atoms with E-state index in [1.807, 2.05) is 6.92 Å². The maximum Gasteiger partial charge on any atom is 0.326 e. The largest absolute Gasteiger partial charge is 0.480 e. The summed E-state index contributed by atoms with van der Waals surface area (Å²) in [5, 5.41) is 19.8. The van der Waals surface area contributed by atoms with Gasteiger partial charge in [-0.1, -0.05) is 49.2 Å². The third-order valence-electron chi connectivity index (χ3n) is 3.59. The first-order valence-electron chi connectivity index (χ1n) is 7.15. The average Bonchev–Trinajstić information content (AvgIpc) is 3.01. The predicted molar refractivity (Wildman–Crippen MR) is 84.7 cm³/mol. The van der Waals surface area contributed by atoms with Gasteiger partial charge in [-0.05, 0) is 18.1 Å². The number of nitrogens with zero attached hydrogens (tertiary/aromatic N) is 3. The first-order valence-corrected chi connectivity index (χ1v) is 7.52. The molecule has 2 unspecified atom stereocenters. The normalized spacial score (nSPS) is 13.3. The van der Waals surface area contributed by atoms with Crippen molar-refractivity contribution in [2.45, 2.75) is 26.3 Å². The van der Waals surface area contributed by atoms with Crippen LogP contribution in [0.1, 0.15) is 30.8 Å². The zero-order chi connectivity index (χ0) is 17.0. The second-order valence-electron chi connectivity index (χ2n) is 5.17. The summed E-state index contributed by atoms with van der Waals surface area (Å²) in [6.45, 7) is 3.63. The van der Waals surface area contributed by atoms with Crippen LogP contribution in [0.25, 0.3) is 5.69 Å². The van der Waals surface area contributed by atoms with Crippen LogP contribution in [0, 0.1) is 5.92 Å². The molecule has 8 heteroatoms. The number of carboxylic acids is 1. The van der Waals surface area contributed by atoms with Gasteiger partial charge in [-0.2, -0.15) is 0 Å². The number of halogens is 1. The average molecular weight is 337 g/mol. The van der Waals surface area contributed by atoms with Crippen molar-refractivity contribution in [3.8, 4) is 5.69 Å². The lowest BCUT2D eigenvalue weighted by Crippen LogP contribution is -2.45. The molecule has 7 nitrogen and oxygen atoms in total. The van der Waals surface area contributed by atoms with Gasteiger partial charge in [-0.25, -0.2) is 9.48 Å². The van der Waals surface area contributed by atoms with Crippen LogP contribution in [0.4, 0.5) is 0 Å². The Hall–Kier alpha value is -2.41. The minimum absolute atomic E-state index is 0.0273. The second kappa shape index (κ2) is 7.23. The first-order chi connectivity index (χ1) is 10.9. The number of rotatable bonds is 6. The Morgan fingerprint density at radius 1 is 1.39 bits per heavy atom. The van der Waals surface area contributed by atoms with Crippen LogP contribution in [0.2, 0.25) is 5.02 Å². The standard InChI is InChI=1S/C15H17ClN4O3/c1-3-9(2)13(15(22)23)17-14(21)11-8-20(19-18-11)12-7-5-4-6-10(12)16/h4-9,13H,3H2,1-2H3,(H,17,21)(H,22,23). The highest BCUT2D eigenvalue weighted by Gasteiger charge is 2.26. The smallest absolute Gasteiger partial charge is 0.326 e. The SMILES string of the molecule is CCC(C)C(NC(=O)c1cn(-c2ccccc2Cl)nn1)C(=O)O. The van der Waals surface area contributed by atoms with Crippen molar-refractivity contribution in [1.82, 2.24) is 20.3 Å². The van der Waals surface area contributed by atoms with E-state index in [1.165, 1.54) is 10.9 Å². The summed E-state index contributed by atoms with van der Waals surface area (Å²) in [6, 6.07) is 6.02. The molecule has 0 aliphatic carbocycles. The molecule has 0 saturated heterocycles. The van der Waals surface area contributed by atoms with Crippen LogP contribution in [-0.4, -0.2) is 38.0 Å². The van der Waals surface area contributed by atoms with E-state index in [0.29, 0.717) is 17.1 Å². The quantitative estimate of drug-likeness (QED) is 0.842. The van der Waals surface area contributed by atoms with Gasteiger partial charge >= 0.3 is 5.97 Å². The van der Waals surface area contributed by atoms with Gasteiger partial charge in [-0.3, -0.25) is 4.79 Å². The summed E-state index contributed by atoms with van der Waals surface area (Å²) in [5.74, 6) is -1.86. The summed E-state index contributed by atoms with van der Waals surface area (Å²) >= 11 is 6.07. The van der Waals surface area contributed by atoms with Crippen molar-refractivity contribution in [3.63, 3.8) is 0 Å². The molecule has 2 rings (SSSR count). The summed E-state index contributed by atoms with van der Waals surface area (Å²) < 4.78 is 1.37. The van der Waals surface area contributed by atoms with Gasteiger partial charge < -0.3 is 10.4 Å². The van der Waals surface area contributed by atoms with Crippen molar-refractivity contribution >= 4 is 23.5 Å². The molecular formula is C15H17ClN4O3. The van der Waals surface area contributed by atoms with E-state index < -0.39 is 17.9 Å². The number of benzene rings is 1. The topological polar surface area (TPSA) is 97.1 Å². The third kappa shape index (κ3) is 3.87. The zero-order valence-electron chi connectivity index (χ0n) is 12.7. The number of nitrogens with one attached hydrogen (secondary N) is 1. The first kappa shape index (κ1) is 17.0. The van der Waals surface area contributed by atoms with Crippen LogP contribution >= 0.6 is 11.6 Å². The predicted octanol–water partition coefficient (Wildman–Crippen LogP) is 2.15. The van der Waals surface area contributed by atoms with Crippen molar-refractivity contribution in [2.75, 3.05) is 0 Å². The minimum atomic E-state index is -1.08. The summed E-state index contributed by atoms with van der Waals surface area (Å²) in [7, 11) is 0. The molecule has 1 heterocycles. The molecule has 0 saturated carbocycles. The number of hydrogen-bond acceptors (Lipinski definition) is 4. The van der Waals surface area contributed by atoms with E-state index >= 15 is 0 Å². The fourth-order valence-corrected chi connectivity index (χ4v) is 2.24. The van der Waals surface area contributed by atoms with E-state index in [1.54, 1.807) is 31.2 Å². The summed E-state index contributed by atoms with van der Waals surface area (Å²) in [5.41, 5.74) is 0.608. The fraction of sp³-hybridized carbons (Fsp3) is 0.333. The molecule has 23 heavy (non-hydrogen) atoms. The molecular weight excluding hydrogens is 320 g/mol.